The Morgan fingerprint density at radius 1 is 1.25 bits per heavy atom. The Morgan fingerprint density at radius 3 is 2.60 bits per heavy atom. The average molecular weight is 338 g/mol. The normalized spacial score (nSPS) is 12.2. The van der Waals surface area contributed by atoms with Gasteiger partial charge in [0.05, 0.1) is 11.6 Å². The minimum atomic E-state index is -0.201. The molecule has 2 N–H and O–H groups in total. The lowest BCUT2D eigenvalue weighted by molar-refractivity contribution is 0.412. The van der Waals surface area contributed by atoms with Crippen LogP contribution in [0.15, 0.2) is 40.9 Å². The summed E-state index contributed by atoms with van der Waals surface area (Å²) in [7, 11) is 1.63. The fraction of sp³-hybridized carbons (Fsp3) is 0.250. The van der Waals surface area contributed by atoms with Crippen molar-refractivity contribution in [2.24, 2.45) is 5.73 Å². The zero-order chi connectivity index (χ0) is 14.7. The number of nitrogens with two attached hydrogens (primary N) is 1. The van der Waals surface area contributed by atoms with E-state index in [-0.39, 0.29) is 11.9 Å². The largest absolute Gasteiger partial charge is 0.496 e. The molecular formula is C16H17BrFNO. The third-order valence-electron chi connectivity index (χ3n) is 3.28. The van der Waals surface area contributed by atoms with Gasteiger partial charge in [-0.1, -0.05) is 18.2 Å². The van der Waals surface area contributed by atoms with Crippen LogP contribution in [0.25, 0.3) is 0 Å². The topological polar surface area (TPSA) is 35.2 Å². The van der Waals surface area contributed by atoms with Gasteiger partial charge in [0.15, 0.2) is 0 Å². The van der Waals surface area contributed by atoms with Gasteiger partial charge in [0, 0.05) is 6.04 Å². The molecule has 2 aromatic carbocycles. The summed E-state index contributed by atoms with van der Waals surface area (Å²) in [5.74, 6) is 0.591. The lowest BCUT2D eigenvalue weighted by Crippen LogP contribution is -2.13. The van der Waals surface area contributed by atoms with Crippen LogP contribution in [0.5, 0.6) is 5.75 Å². The molecule has 0 fully saturated rings. The second kappa shape index (κ2) is 6.37. The molecular weight excluding hydrogens is 321 g/mol. The summed E-state index contributed by atoms with van der Waals surface area (Å²) in [6.07, 6.45) is 0.688. The van der Waals surface area contributed by atoms with E-state index >= 15 is 0 Å². The lowest BCUT2D eigenvalue weighted by Gasteiger charge is -2.14. The van der Waals surface area contributed by atoms with Crippen LogP contribution < -0.4 is 10.5 Å². The number of hydrogen-bond donors (Lipinski definition) is 1. The van der Waals surface area contributed by atoms with Crippen molar-refractivity contribution in [3.63, 3.8) is 0 Å². The Bertz CT molecular complexity index is 615. The van der Waals surface area contributed by atoms with Crippen molar-refractivity contribution in [1.29, 1.82) is 0 Å². The van der Waals surface area contributed by atoms with E-state index in [1.807, 2.05) is 18.2 Å². The minimum absolute atomic E-state index is 0.158. The second-order valence-electron chi connectivity index (χ2n) is 4.79. The molecule has 0 aliphatic carbocycles. The summed E-state index contributed by atoms with van der Waals surface area (Å²) >= 11 is 3.46. The Labute approximate surface area is 126 Å². The Balaban J connectivity index is 2.16. The number of methoxy groups -OCH3 is 1. The van der Waals surface area contributed by atoms with Crippen molar-refractivity contribution < 1.29 is 9.13 Å². The number of rotatable bonds is 4. The van der Waals surface area contributed by atoms with Crippen LogP contribution in [0.3, 0.4) is 0 Å². The minimum Gasteiger partial charge on any atom is -0.496 e. The zero-order valence-electron chi connectivity index (χ0n) is 11.5. The number of hydrogen-bond acceptors (Lipinski definition) is 2. The number of ether oxygens (including phenoxy) is 1. The number of aryl methyl sites for hydroxylation is 1. The van der Waals surface area contributed by atoms with Crippen molar-refractivity contribution in [3.8, 4) is 5.75 Å². The highest BCUT2D eigenvalue weighted by Crippen LogP contribution is 2.27. The van der Waals surface area contributed by atoms with Crippen LogP contribution in [0.1, 0.15) is 22.7 Å². The van der Waals surface area contributed by atoms with E-state index in [2.05, 4.69) is 15.9 Å². The van der Waals surface area contributed by atoms with Crippen molar-refractivity contribution >= 4 is 15.9 Å². The Kier molecular flexibility index (Phi) is 4.78. The fourth-order valence-corrected chi connectivity index (χ4v) is 2.70. The molecule has 1 atom stereocenters. The van der Waals surface area contributed by atoms with Gasteiger partial charge in [0.25, 0.3) is 0 Å². The van der Waals surface area contributed by atoms with Gasteiger partial charge < -0.3 is 10.5 Å². The SMILES string of the molecule is COc1ccc(CC(N)c2ccc(F)c(C)c2)cc1Br. The highest BCUT2D eigenvalue weighted by atomic mass is 79.9. The first kappa shape index (κ1) is 15.0. The summed E-state index contributed by atoms with van der Waals surface area (Å²) in [5.41, 5.74) is 8.86. The molecule has 106 valence electrons. The van der Waals surface area contributed by atoms with E-state index in [1.165, 1.54) is 6.07 Å². The molecule has 0 radical (unpaired) electrons. The lowest BCUT2D eigenvalue weighted by atomic mass is 9.98. The molecule has 0 saturated carbocycles. The first-order valence-corrected chi connectivity index (χ1v) is 7.14. The highest BCUT2D eigenvalue weighted by molar-refractivity contribution is 9.10. The Morgan fingerprint density at radius 2 is 2.00 bits per heavy atom. The van der Waals surface area contributed by atoms with Crippen LogP contribution in [-0.4, -0.2) is 7.11 Å². The molecule has 2 nitrogen and oxygen atoms in total. The molecule has 2 aromatic rings. The van der Waals surface area contributed by atoms with Gasteiger partial charge in [-0.25, -0.2) is 4.39 Å². The van der Waals surface area contributed by atoms with E-state index in [1.54, 1.807) is 26.2 Å². The molecule has 0 aliphatic heterocycles. The van der Waals surface area contributed by atoms with Crippen LogP contribution >= 0.6 is 15.9 Å². The van der Waals surface area contributed by atoms with E-state index in [0.29, 0.717) is 12.0 Å². The van der Waals surface area contributed by atoms with Gasteiger partial charge >= 0.3 is 0 Å². The summed E-state index contributed by atoms with van der Waals surface area (Å²) in [4.78, 5) is 0. The smallest absolute Gasteiger partial charge is 0.133 e. The highest BCUT2D eigenvalue weighted by Gasteiger charge is 2.10. The maximum Gasteiger partial charge on any atom is 0.133 e. The van der Waals surface area contributed by atoms with Crippen LogP contribution in [0, 0.1) is 12.7 Å². The molecule has 20 heavy (non-hydrogen) atoms. The maximum absolute atomic E-state index is 13.3. The molecule has 4 heteroatoms. The van der Waals surface area contributed by atoms with Gasteiger partial charge in [-0.05, 0) is 64.2 Å². The third-order valence-corrected chi connectivity index (χ3v) is 3.90. The van der Waals surface area contributed by atoms with E-state index in [9.17, 15) is 4.39 Å². The standard InChI is InChI=1S/C16H17BrFNO/c1-10-7-12(4-5-14(10)18)15(19)9-11-3-6-16(20-2)13(17)8-11/h3-8,15H,9,19H2,1-2H3. The first-order valence-electron chi connectivity index (χ1n) is 6.35. The van der Waals surface area contributed by atoms with Gasteiger partial charge in [0.1, 0.15) is 11.6 Å². The van der Waals surface area contributed by atoms with Crippen molar-refractivity contribution in [1.82, 2.24) is 0 Å². The average Bonchev–Trinajstić information content (AvgIpc) is 2.42. The zero-order valence-corrected chi connectivity index (χ0v) is 13.1. The predicted octanol–water partition coefficient (Wildman–Crippen LogP) is 4.15. The molecule has 0 heterocycles. The predicted molar refractivity (Wildman–Crippen MR) is 82.5 cm³/mol. The van der Waals surface area contributed by atoms with Crippen molar-refractivity contribution in [2.75, 3.05) is 7.11 Å². The molecule has 0 aliphatic rings. The molecule has 0 spiro atoms. The molecule has 0 aromatic heterocycles. The van der Waals surface area contributed by atoms with E-state index < -0.39 is 0 Å². The summed E-state index contributed by atoms with van der Waals surface area (Å²) in [5, 5.41) is 0. The van der Waals surface area contributed by atoms with Gasteiger partial charge in [-0.3, -0.25) is 0 Å². The molecule has 0 bridgehead atoms. The maximum atomic E-state index is 13.3. The van der Waals surface area contributed by atoms with Gasteiger partial charge in [-0.2, -0.15) is 0 Å². The monoisotopic (exact) mass is 337 g/mol. The van der Waals surface area contributed by atoms with Crippen LogP contribution in [-0.2, 0) is 6.42 Å². The van der Waals surface area contributed by atoms with Gasteiger partial charge in [-0.15, -0.1) is 0 Å². The van der Waals surface area contributed by atoms with E-state index in [4.69, 9.17) is 10.5 Å². The van der Waals surface area contributed by atoms with Crippen LogP contribution in [0.4, 0.5) is 4.39 Å². The second-order valence-corrected chi connectivity index (χ2v) is 5.64. The quantitative estimate of drug-likeness (QED) is 0.909. The molecule has 2 rings (SSSR count). The number of halogens is 2. The summed E-state index contributed by atoms with van der Waals surface area (Å²) in [6.45, 7) is 1.75. The molecule has 0 amide bonds. The molecule has 0 saturated heterocycles. The summed E-state index contributed by atoms with van der Waals surface area (Å²) < 4.78 is 19.4. The number of benzene rings is 2. The van der Waals surface area contributed by atoms with Crippen LogP contribution in [0.2, 0.25) is 0 Å². The summed E-state index contributed by atoms with van der Waals surface area (Å²) in [6, 6.07) is 10.7. The first-order chi connectivity index (χ1) is 9.51. The third kappa shape index (κ3) is 3.38. The van der Waals surface area contributed by atoms with Crippen molar-refractivity contribution in [2.45, 2.75) is 19.4 Å². The Hall–Kier alpha value is -1.39. The van der Waals surface area contributed by atoms with E-state index in [0.717, 1.165) is 21.3 Å². The molecule has 1 unspecified atom stereocenters. The van der Waals surface area contributed by atoms with Gasteiger partial charge in [0.2, 0.25) is 0 Å². The van der Waals surface area contributed by atoms with Crippen molar-refractivity contribution in [3.05, 3.63) is 63.4 Å². The fourth-order valence-electron chi connectivity index (χ4n) is 2.11.